The van der Waals surface area contributed by atoms with Gasteiger partial charge in [0, 0.05) is 0 Å². The van der Waals surface area contributed by atoms with Crippen LogP contribution in [-0.2, 0) is 22.4 Å². The Kier molecular flexibility index (Phi) is 8.64. The summed E-state index contributed by atoms with van der Waals surface area (Å²) < 4.78 is 0. The van der Waals surface area contributed by atoms with Crippen molar-refractivity contribution < 1.29 is 19.8 Å². The number of carboxylic acids is 2. The molecule has 0 unspecified atom stereocenters. The molecule has 2 fully saturated rings. The summed E-state index contributed by atoms with van der Waals surface area (Å²) in [6, 6.07) is 2.37. The Morgan fingerprint density at radius 3 is 1.61 bits per heavy atom. The van der Waals surface area contributed by atoms with Gasteiger partial charge in [-0.05, 0) is 113 Å². The van der Waals surface area contributed by atoms with Gasteiger partial charge in [0.2, 0.25) is 0 Å². The first-order chi connectivity index (χ1) is 15.7. The zero-order chi connectivity index (χ0) is 24.1. The van der Waals surface area contributed by atoms with Gasteiger partial charge >= 0.3 is 11.9 Å². The minimum atomic E-state index is -0.590. The number of rotatable bonds is 16. The lowest BCUT2D eigenvalue weighted by Gasteiger charge is -2.17. The summed E-state index contributed by atoms with van der Waals surface area (Å²) >= 11 is 0. The van der Waals surface area contributed by atoms with Crippen molar-refractivity contribution in [1.29, 1.82) is 0 Å². The predicted octanol–water partition coefficient (Wildman–Crippen LogP) is 7.33. The third-order valence-electron chi connectivity index (χ3n) is 8.67. The van der Waals surface area contributed by atoms with E-state index >= 15 is 0 Å². The summed E-state index contributed by atoms with van der Waals surface area (Å²) in [7, 11) is 0. The Morgan fingerprint density at radius 1 is 0.697 bits per heavy atom. The summed E-state index contributed by atoms with van der Waals surface area (Å²) in [6.07, 6.45) is 16.5. The molecule has 2 aliphatic carbocycles. The smallest absolute Gasteiger partial charge is 0.309 e. The maximum absolute atomic E-state index is 11.3. The zero-order valence-corrected chi connectivity index (χ0v) is 21.1. The standard InChI is InChI=1S/C29H44O4/c1-21-20-24(12-8-4-6-10-14-28(16-17-28)26(30)31)23(3)25(22(21)2)13-9-5-7-11-15-29(18-19-29)27(32)33/h20H,4-19H2,1-3H3,(H,30,31)(H,32,33). The Labute approximate surface area is 200 Å². The molecule has 0 bridgehead atoms. The monoisotopic (exact) mass is 456 g/mol. The third kappa shape index (κ3) is 6.61. The first-order valence-corrected chi connectivity index (χ1v) is 13.3. The van der Waals surface area contributed by atoms with Crippen LogP contribution in [0.2, 0.25) is 0 Å². The molecule has 33 heavy (non-hydrogen) atoms. The first kappa shape index (κ1) is 25.8. The highest BCUT2D eigenvalue weighted by molar-refractivity contribution is 5.78. The van der Waals surface area contributed by atoms with Crippen molar-refractivity contribution in [3.05, 3.63) is 33.9 Å². The average molecular weight is 457 g/mol. The molecule has 0 radical (unpaired) electrons. The summed E-state index contributed by atoms with van der Waals surface area (Å²) in [4.78, 5) is 22.6. The lowest BCUT2D eigenvalue weighted by Crippen LogP contribution is -2.14. The van der Waals surface area contributed by atoms with Crippen molar-refractivity contribution >= 4 is 11.9 Å². The van der Waals surface area contributed by atoms with E-state index in [4.69, 9.17) is 0 Å². The molecule has 184 valence electrons. The number of carboxylic acid groups (broad SMARTS) is 2. The normalized spacial score (nSPS) is 17.7. The van der Waals surface area contributed by atoms with E-state index in [1.165, 1.54) is 53.5 Å². The van der Waals surface area contributed by atoms with Gasteiger partial charge in [0.1, 0.15) is 0 Å². The van der Waals surface area contributed by atoms with Crippen molar-refractivity contribution in [2.24, 2.45) is 10.8 Å². The second kappa shape index (κ2) is 11.1. The quantitative estimate of drug-likeness (QED) is 0.255. The van der Waals surface area contributed by atoms with Crippen LogP contribution >= 0.6 is 0 Å². The second-order valence-corrected chi connectivity index (χ2v) is 11.1. The molecule has 0 aromatic heterocycles. The highest BCUT2D eigenvalue weighted by Crippen LogP contribution is 2.50. The van der Waals surface area contributed by atoms with E-state index in [1.807, 2.05) is 0 Å². The zero-order valence-electron chi connectivity index (χ0n) is 21.1. The van der Waals surface area contributed by atoms with Gasteiger partial charge in [0.25, 0.3) is 0 Å². The molecule has 3 rings (SSSR count). The number of hydrogen-bond donors (Lipinski definition) is 2. The van der Waals surface area contributed by atoms with Gasteiger partial charge in [-0.1, -0.05) is 44.6 Å². The van der Waals surface area contributed by atoms with Crippen LogP contribution in [0.3, 0.4) is 0 Å². The lowest BCUT2D eigenvalue weighted by molar-refractivity contribution is -0.144. The van der Waals surface area contributed by atoms with Crippen molar-refractivity contribution in [2.75, 3.05) is 0 Å². The second-order valence-electron chi connectivity index (χ2n) is 11.1. The lowest BCUT2D eigenvalue weighted by atomic mass is 9.88. The molecule has 2 saturated carbocycles. The maximum Gasteiger partial charge on any atom is 0.309 e. The molecule has 0 spiro atoms. The molecule has 2 aliphatic rings. The molecule has 2 N–H and O–H groups in total. The van der Waals surface area contributed by atoms with E-state index in [9.17, 15) is 19.8 Å². The van der Waals surface area contributed by atoms with E-state index in [1.54, 1.807) is 0 Å². The number of carbonyl (C=O) groups is 2. The fraction of sp³-hybridized carbons (Fsp3) is 0.724. The van der Waals surface area contributed by atoms with E-state index in [-0.39, 0.29) is 10.8 Å². The Balaban J connectivity index is 1.38. The minimum absolute atomic E-state index is 0.366. The van der Waals surface area contributed by atoms with Crippen LogP contribution in [0.4, 0.5) is 0 Å². The molecule has 0 heterocycles. The van der Waals surface area contributed by atoms with Gasteiger partial charge in [-0.2, -0.15) is 0 Å². The molecule has 0 atom stereocenters. The van der Waals surface area contributed by atoms with Gasteiger partial charge in [-0.25, -0.2) is 0 Å². The van der Waals surface area contributed by atoms with E-state index in [0.29, 0.717) is 0 Å². The average Bonchev–Trinajstić information content (AvgIpc) is 3.68. The van der Waals surface area contributed by atoms with Crippen LogP contribution in [0.1, 0.15) is 118 Å². The van der Waals surface area contributed by atoms with Gasteiger partial charge < -0.3 is 10.2 Å². The molecule has 0 saturated heterocycles. The molecule has 1 aromatic rings. The summed E-state index contributed by atoms with van der Waals surface area (Å²) in [5.74, 6) is -1.18. The van der Waals surface area contributed by atoms with Crippen LogP contribution in [0, 0.1) is 31.6 Å². The third-order valence-corrected chi connectivity index (χ3v) is 8.67. The SMILES string of the molecule is Cc1cc(CCCCCCC2(C(=O)O)CC2)c(C)c(CCCCCCC2(C(=O)O)CC2)c1C. The van der Waals surface area contributed by atoms with Crippen LogP contribution in [0.15, 0.2) is 6.07 Å². The molecule has 4 nitrogen and oxygen atoms in total. The Morgan fingerprint density at radius 2 is 1.15 bits per heavy atom. The maximum atomic E-state index is 11.3. The molecule has 1 aromatic carbocycles. The Hall–Kier alpha value is -1.84. The topological polar surface area (TPSA) is 74.6 Å². The van der Waals surface area contributed by atoms with Gasteiger partial charge in [0.05, 0.1) is 10.8 Å². The van der Waals surface area contributed by atoms with Crippen molar-refractivity contribution in [2.45, 2.75) is 124 Å². The Bertz CT molecular complexity index is 846. The number of unbranched alkanes of at least 4 members (excludes halogenated alkanes) is 6. The van der Waals surface area contributed by atoms with Gasteiger partial charge in [0.15, 0.2) is 0 Å². The molecular formula is C29H44O4. The predicted molar refractivity (Wildman–Crippen MR) is 133 cm³/mol. The molecular weight excluding hydrogens is 412 g/mol. The number of benzene rings is 1. The molecule has 0 amide bonds. The van der Waals surface area contributed by atoms with Crippen molar-refractivity contribution in [3.63, 3.8) is 0 Å². The van der Waals surface area contributed by atoms with E-state index in [0.717, 1.165) is 77.0 Å². The summed E-state index contributed by atoms with van der Waals surface area (Å²) in [6.45, 7) is 6.76. The highest BCUT2D eigenvalue weighted by atomic mass is 16.4. The van der Waals surface area contributed by atoms with Crippen LogP contribution < -0.4 is 0 Å². The van der Waals surface area contributed by atoms with Crippen LogP contribution in [-0.4, -0.2) is 22.2 Å². The van der Waals surface area contributed by atoms with Crippen LogP contribution in [0.25, 0.3) is 0 Å². The fourth-order valence-electron chi connectivity index (χ4n) is 5.52. The first-order valence-electron chi connectivity index (χ1n) is 13.3. The largest absolute Gasteiger partial charge is 0.481 e. The minimum Gasteiger partial charge on any atom is -0.481 e. The molecule has 0 aliphatic heterocycles. The van der Waals surface area contributed by atoms with E-state index in [2.05, 4.69) is 26.8 Å². The van der Waals surface area contributed by atoms with Crippen molar-refractivity contribution in [1.82, 2.24) is 0 Å². The number of aryl methyl sites for hydroxylation is 2. The summed E-state index contributed by atoms with van der Waals surface area (Å²) in [5, 5.41) is 18.6. The van der Waals surface area contributed by atoms with Gasteiger partial charge in [-0.15, -0.1) is 0 Å². The molecule has 4 heteroatoms. The fourth-order valence-corrected chi connectivity index (χ4v) is 5.52. The number of aliphatic carboxylic acids is 2. The highest BCUT2D eigenvalue weighted by Gasteiger charge is 2.49. The van der Waals surface area contributed by atoms with E-state index < -0.39 is 11.9 Å². The van der Waals surface area contributed by atoms with Crippen LogP contribution in [0.5, 0.6) is 0 Å². The van der Waals surface area contributed by atoms with Crippen molar-refractivity contribution in [3.8, 4) is 0 Å². The summed E-state index contributed by atoms with van der Waals surface area (Å²) in [5.41, 5.74) is 6.55. The van der Waals surface area contributed by atoms with Gasteiger partial charge in [-0.3, -0.25) is 9.59 Å². The number of hydrogen-bond acceptors (Lipinski definition) is 2.